The third kappa shape index (κ3) is 2.61. The van der Waals surface area contributed by atoms with Crippen molar-refractivity contribution in [2.75, 3.05) is 0 Å². The zero-order valence-electron chi connectivity index (χ0n) is 11.5. The Hall–Kier alpha value is -1.62. The van der Waals surface area contributed by atoms with E-state index in [0.717, 1.165) is 18.8 Å². The van der Waals surface area contributed by atoms with Crippen LogP contribution in [0, 0.1) is 6.92 Å². The third-order valence-electron chi connectivity index (χ3n) is 3.29. The maximum atomic E-state index is 4.47. The molecule has 2 aromatic rings. The van der Waals surface area contributed by atoms with Gasteiger partial charge in [0.05, 0.1) is 11.4 Å². The smallest absolute Gasteiger partial charge is 0.0641 e. The number of nitrogens with zero attached hydrogens (tertiary/aromatic N) is 4. The molecule has 5 heteroatoms. The van der Waals surface area contributed by atoms with Gasteiger partial charge in [-0.1, -0.05) is 0 Å². The Kier molecular flexibility index (Phi) is 3.81. The summed E-state index contributed by atoms with van der Waals surface area (Å²) in [5.74, 6) is 0. The Balaban J connectivity index is 2.01. The van der Waals surface area contributed by atoms with Crippen LogP contribution in [0.25, 0.3) is 0 Å². The highest BCUT2D eigenvalue weighted by Crippen LogP contribution is 2.16. The molecule has 18 heavy (non-hydrogen) atoms. The van der Waals surface area contributed by atoms with Gasteiger partial charge in [-0.25, -0.2) is 0 Å². The van der Waals surface area contributed by atoms with E-state index in [9.17, 15) is 0 Å². The highest BCUT2D eigenvalue weighted by molar-refractivity contribution is 5.19. The molecule has 0 aromatic carbocycles. The van der Waals surface area contributed by atoms with Crippen LogP contribution in [0.3, 0.4) is 0 Å². The Morgan fingerprint density at radius 3 is 2.78 bits per heavy atom. The standard InChI is InChI=1S/C13H21N5/c1-5-18-9-13(11(3)16-18)10(2)14-8-12-6-7-15-17(12)4/h6-7,9-10,14H,5,8H2,1-4H3. The summed E-state index contributed by atoms with van der Waals surface area (Å²) in [7, 11) is 1.96. The molecule has 0 spiro atoms. The molecule has 1 unspecified atom stereocenters. The van der Waals surface area contributed by atoms with Crippen LogP contribution in [0.1, 0.15) is 36.8 Å². The maximum Gasteiger partial charge on any atom is 0.0641 e. The summed E-state index contributed by atoms with van der Waals surface area (Å²) in [4.78, 5) is 0. The number of hydrogen-bond acceptors (Lipinski definition) is 3. The molecule has 0 saturated heterocycles. The van der Waals surface area contributed by atoms with Gasteiger partial charge < -0.3 is 5.32 Å². The molecule has 98 valence electrons. The van der Waals surface area contributed by atoms with Crippen molar-refractivity contribution >= 4 is 0 Å². The third-order valence-corrected chi connectivity index (χ3v) is 3.29. The molecule has 0 aliphatic rings. The summed E-state index contributed by atoms with van der Waals surface area (Å²) >= 11 is 0. The first-order valence-corrected chi connectivity index (χ1v) is 6.36. The normalized spacial score (nSPS) is 12.9. The SMILES string of the molecule is CCn1cc(C(C)NCc2ccnn2C)c(C)n1. The lowest BCUT2D eigenvalue weighted by atomic mass is 10.1. The number of aryl methyl sites for hydroxylation is 3. The van der Waals surface area contributed by atoms with Gasteiger partial charge in [0, 0.05) is 44.1 Å². The topological polar surface area (TPSA) is 47.7 Å². The fourth-order valence-electron chi connectivity index (χ4n) is 2.06. The van der Waals surface area contributed by atoms with E-state index in [1.165, 1.54) is 11.3 Å². The minimum Gasteiger partial charge on any atom is -0.304 e. The summed E-state index contributed by atoms with van der Waals surface area (Å²) < 4.78 is 3.87. The highest BCUT2D eigenvalue weighted by atomic mass is 15.3. The molecule has 0 amide bonds. The van der Waals surface area contributed by atoms with Gasteiger partial charge in [-0.05, 0) is 26.8 Å². The lowest BCUT2D eigenvalue weighted by Gasteiger charge is -2.13. The van der Waals surface area contributed by atoms with Gasteiger partial charge in [-0.3, -0.25) is 9.36 Å². The summed E-state index contributed by atoms with van der Waals surface area (Å²) in [5.41, 5.74) is 3.54. The van der Waals surface area contributed by atoms with Crippen molar-refractivity contribution in [2.45, 2.75) is 39.9 Å². The average Bonchev–Trinajstić information content (AvgIpc) is 2.92. The van der Waals surface area contributed by atoms with E-state index in [2.05, 4.69) is 42.5 Å². The monoisotopic (exact) mass is 247 g/mol. The molecule has 0 bridgehead atoms. The van der Waals surface area contributed by atoms with E-state index in [1.54, 1.807) is 0 Å². The summed E-state index contributed by atoms with van der Waals surface area (Å²) in [6.45, 7) is 8.05. The van der Waals surface area contributed by atoms with Crippen LogP contribution in [0.15, 0.2) is 18.5 Å². The van der Waals surface area contributed by atoms with Gasteiger partial charge in [-0.2, -0.15) is 10.2 Å². The number of nitrogens with one attached hydrogen (secondary N) is 1. The van der Waals surface area contributed by atoms with Gasteiger partial charge in [0.1, 0.15) is 0 Å². The molecule has 0 radical (unpaired) electrons. The van der Waals surface area contributed by atoms with Crippen LogP contribution in [-0.2, 0) is 20.1 Å². The molecular formula is C13H21N5. The Bertz CT molecular complexity index is 511. The van der Waals surface area contributed by atoms with E-state index < -0.39 is 0 Å². The minimum absolute atomic E-state index is 0.292. The van der Waals surface area contributed by atoms with Gasteiger partial charge in [-0.15, -0.1) is 0 Å². The number of aromatic nitrogens is 4. The van der Waals surface area contributed by atoms with Crippen LogP contribution >= 0.6 is 0 Å². The number of hydrogen-bond donors (Lipinski definition) is 1. The van der Waals surface area contributed by atoms with Crippen molar-refractivity contribution in [1.82, 2.24) is 24.9 Å². The molecule has 0 fully saturated rings. The molecule has 2 aromatic heterocycles. The predicted octanol–water partition coefficient (Wildman–Crippen LogP) is 1.80. The van der Waals surface area contributed by atoms with Crippen LogP contribution in [-0.4, -0.2) is 19.6 Å². The molecule has 1 N–H and O–H groups in total. The van der Waals surface area contributed by atoms with Crippen LogP contribution in [0.5, 0.6) is 0 Å². The zero-order chi connectivity index (χ0) is 13.1. The van der Waals surface area contributed by atoms with E-state index in [4.69, 9.17) is 0 Å². The molecule has 1 atom stereocenters. The van der Waals surface area contributed by atoms with Crippen molar-refractivity contribution < 1.29 is 0 Å². The quantitative estimate of drug-likeness (QED) is 0.876. The highest BCUT2D eigenvalue weighted by Gasteiger charge is 2.12. The van der Waals surface area contributed by atoms with E-state index in [1.807, 2.05) is 28.7 Å². The van der Waals surface area contributed by atoms with E-state index in [-0.39, 0.29) is 0 Å². The largest absolute Gasteiger partial charge is 0.304 e. The molecule has 2 heterocycles. The lowest BCUT2D eigenvalue weighted by molar-refractivity contribution is 0.546. The average molecular weight is 247 g/mol. The van der Waals surface area contributed by atoms with Crippen molar-refractivity contribution in [2.24, 2.45) is 7.05 Å². The van der Waals surface area contributed by atoms with Crippen LogP contribution in [0.4, 0.5) is 0 Å². The van der Waals surface area contributed by atoms with E-state index >= 15 is 0 Å². The fourth-order valence-corrected chi connectivity index (χ4v) is 2.06. The molecule has 5 nitrogen and oxygen atoms in total. The first-order chi connectivity index (χ1) is 8.61. The number of rotatable bonds is 5. The minimum atomic E-state index is 0.292. The first-order valence-electron chi connectivity index (χ1n) is 6.36. The lowest BCUT2D eigenvalue weighted by Crippen LogP contribution is -2.20. The molecule has 0 aliphatic heterocycles. The van der Waals surface area contributed by atoms with E-state index in [0.29, 0.717) is 6.04 Å². The van der Waals surface area contributed by atoms with Crippen molar-refractivity contribution in [1.29, 1.82) is 0 Å². The van der Waals surface area contributed by atoms with Gasteiger partial charge >= 0.3 is 0 Å². The van der Waals surface area contributed by atoms with Crippen molar-refractivity contribution in [3.63, 3.8) is 0 Å². The second-order valence-corrected chi connectivity index (χ2v) is 4.57. The second-order valence-electron chi connectivity index (χ2n) is 4.57. The molecule has 0 aliphatic carbocycles. The first kappa shape index (κ1) is 12.8. The molecule has 2 rings (SSSR count). The van der Waals surface area contributed by atoms with Crippen LogP contribution in [0.2, 0.25) is 0 Å². The van der Waals surface area contributed by atoms with Crippen molar-refractivity contribution in [3.05, 3.63) is 35.4 Å². The summed E-state index contributed by atoms with van der Waals surface area (Å²) in [5, 5.41) is 12.1. The maximum absolute atomic E-state index is 4.47. The second kappa shape index (κ2) is 5.35. The summed E-state index contributed by atoms with van der Waals surface area (Å²) in [6.07, 6.45) is 3.94. The van der Waals surface area contributed by atoms with Crippen LogP contribution < -0.4 is 5.32 Å². The van der Waals surface area contributed by atoms with Gasteiger partial charge in [0.2, 0.25) is 0 Å². The Morgan fingerprint density at radius 2 is 2.22 bits per heavy atom. The Labute approximate surface area is 108 Å². The van der Waals surface area contributed by atoms with Gasteiger partial charge in [0.25, 0.3) is 0 Å². The summed E-state index contributed by atoms with van der Waals surface area (Å²) in [6, 6.07) is 2.32. The Morgan fingerprint density at radius 1 is 1.44 bits per heavy atom. The molecule has 0 saturated carbocycles. The van der Waals surface area contributed by atoms with Crippen molar-refractivity contribution in [3.8, 4) is 0 Å². The fraction of sp³-hybridized carbons (Fsp3) is 0.538. The van der Waals surface area contributed by atoms with Gasteiger partial charge in [0.15, 0.2) is 0 Å². The predicted molar refractivity (Wildman–Crippen MR) is 71.1 cm³/mol. The zero-order valence-corrected chi connectivity index (χ0v) is 11.5. The molecular weight excluding hydrogens is 226 g/mol.